The van der Waals surface area contributed by atoms with Gasteiger partial charge in [0.2, 0.25) is 0 Å². The average Bonchev–Trinajstić information content (AvgIpc) is 2.80. The molecule has 2 amide bonds. The first kappa shape index (κ1) is 23.5. The molecule has 0 N–H and O–H groups in total. The monoisotopic (exact) mass is 438 g/mol. The van der Waals surface area contributed by atoms with E-state index >= 15 is 0 Å². The van der Waals surface area contributed by atoms with Gasteiger partial charge in [-0.25, -0.2) is 4.84 Å². The molecule has 0 radical (unpaired) electrons. The molecule has 1 aliphatic heterocycles. The Morgan fingerprint density at radius 2 is 1.69 bits per heavy atom. The predicted molar refractivity (Wildman–Crippen MR) is 121 cm³/mol. The minimum absolute atomic E-state index is 0.191. The molecule has 1 heterocycles. The number of ether oxygens (including phenoxy) is 2. The number of nitrogens with zero attached hydrogens (tertiary/aromatic N) is 2. The van der Waals surface area contributed by atoms with Crippen molar-refractivity contribution in [1.29, 1.82) is 0 Å². The third-order valence-corrected chi connectivity index (χ3v) is 5.18. The molecule has 0 saturated carbocycles. The van der Waals surface area contributed by atoms with Crippen molar-refractivity contribution in [3.63, 3.8) is 0 Å². The zero-order valence-electron chi connectivity index (χ0n) is 19.0. The van der Waals surface area contributed by atoms with E-state index in [1.165, 1.54) is 7.11 Å². The lowest BCUT2D eigenvalue weighted by atomic mass is 9.97. The number of carbonyl (C=O) groups excluding carboxylic acids is 2. The molecule has 0 spiro atoms. The number of hydrogen-bond donors (Lipinski definition) is 0. The van der Waals surface area contributed by atoms with Gasteiger partial charge in [-0.1, -0.05) is 56.3 Å². The van der Waals surface area contributed by atoms with Crippen molar-refractivity contribution in [3.8, 4) is 5.75 Å². The van der Waals surface area contributed by atoms with Crippen LogP contribution in [0.1, 0.15) is 31.4 Å². The average molecular weight is 439 g/mol. The van der Waals surface area contributed by atoms with Gasteiger partial charge in [0.1, 0.15) is 17.5 Å². The molecule has 0 aliphatic carbocycles. The van der Waals surface area contributed by atoms with Gasteiger partial charge in [-0.3, -0.25) is 9.59 Å². The van der Waals surface area contributed by atoms with Crippen LogP contribution < -0.4 is 4.74 Å². The highest BCUT2D eigenvalue weighted by atomic mass is 16.8. The number of rotatable bonds is 9. The van der Waals surface area contributed by atoms with Crippen molar-refractivity contribution in [2.24, 2.45) is 5.92 Å². The van der Waals surface area contributed by atoms with Crippen molar-refractivity contribution >= 4 is 17.9 Å². The SMILES string of the molecule is COCON1C(=O)/C(=C\c2ccccc2)N(Cc2ccc(OC)cc2)C(CC(C)C)C1=O. The van der Waals surface area contributed by atoms with Crippen molar-refractivity contribution in [2.45, 2.75) is 32.9 Å². The van der Waals surface area contributed by atoms with Crippen LogP contribution in [0.5, 0.6) is 5.75 Å². The lowest BCUT2D eigenvalue weighted by molar-refractivity contribution is -0.226. The maximum absolute atomic E-state index is 13.4. The molecule has 1 atom stereocenters. The van der Waals surface area contributed by atoms with Gasteiger partial charge in [0.05, 0.1) is 7.11 Å². The van der Waals surface area contributed by atoms with Gasteiger partial charge in [0, 0.05) is 13.7 Å². The van der Waals surface area contributed by atoms with E-state index in [1.54, 1.807) is 13.2 Å². The summed E-state index contributed by atoms with van der Waals surface area (Å²) in [6.45, 7) is 4.31. The normalized spacial score (nSPS) is 18.0. The zero-order chi connectivity index (χ0) is 23.1. The maximum atomic E-state index is 13.4. The molecule has 1 aliphatic rings. The number of piperazine rings is 1. The summed E-state index contributed by atoms with van der Waals surface area (Å²) in [5.41, 5.74) is 2.22. The van der Waals surface area contributed by atoms with Gasteiger partial charge in [-0.15, -0.1) is 5.06 Å². The fourth-order valence-corrected chi connectivity index (χ4v) is 3.64. The Morgan fingerprint density at radius 3 is 2.28 bits per heavy atom. The van der Waals surface area contributed by atoms with Gasteiger partial charge in [0.25, 0.3) is 5.91 Å². The summed E-state index contributed by atoms with van der Waals surface area (Å²) in [5, 5.41) is 0.843. The van der Waals surface area contributed by atoms with Crippen LogP contribution in [-0.2, 0) is 25.7 Å². The van der Waals surface area contributed by atoms with E-state index in [9.17, 15) is 9.59 Å². The van der Waals surface area contributed by atoms with Crippen molar-refractivity contribution in [2.75, 3.05) is 21.0 Å². The Labute approximate surface area is 189 Å². The summed E-state index contributed by atoms with van der Waals surface area (Å²) in [5.74, 6) is 0.0825. The lowest BCUT2D eigenvalue weighted by Gasteiger charge is -2.41. The molecule has 2 aromatic carbocycles. The summed E-state index contributed by atoms with van der Waals surface area (Å²) in [6.07, 6.45) is 2.37. The van der Waals surface area contributed by atoms with Crippen molar-refractivity contribution in [3.05, 3.63) is 71.4 Å². The Morgan fingerprint density at radius 1 is 1.00 bits per heavy atom. The highest BCUT2D eigenvalue weighted by molar-refractivity contribution is 6.09. The second kappa shape index (κ2) is 10.9. The molecular formula is C25H30N2O5. The van der Waals surface area contributed by atoms with Crippen LogP contribution in [-0.4, -0.2) is 48.8 Å². The number of hydrogen-bond acceptors (Lipinski definition) is 6. The number of hydroxylamine groups is 2. The van der Waals surface area contributed by atoms with E-state index in [1.807, 2.05) is 59.5 Å². The molecule has 7 heteroatoms. The smallest absolute Gasteiger partial charge is 0.301 e. The summed E-state index contributed by atoms with van der Waals surface area (Å²) in [4.78, 5) is 34.0. The molecular weight excluding hydrogens is 408 g/mol. The number of amides is 2. The van der Waals surface area contributed by atoms with Gasteiger partial charge in [-0.05, 0) is 41.7 Å². The van der Waals surface area contributed by atoms with E-state index in [-0.39, 0.29) is 18.6 Å². The third-order valence-electron chi connectivity index (χ3n) is 5.18. The molecule has 3 rings (SSSR count). The van der Waals surface area contributed by atoms with E-state index in [4.69, 9.17) is 14.3 Å². The molecule has 0 bridgehead atoms. The second-order valence-electron chi connectivity index (χ2n) is 8.03. The van der Waals surface area contributed by atoms with Crippen molar-refractivity contribution in [1.82, 2.24) is 9.96 Å². The Bertz CT molecular complexity index is 941. The number of benzene rings is 2. The minimum atomic E-state index is -0.554. The lowest BCUT2D eigenvalue weighted by Crippen LogP contribution is -2.58. The van der Waals surface area contributed by atoms with Gasteiger partial charge in [-0.2, -0.15) is 0 Å². The van der Waals surface area contributed by atoms with Crippen LogP contribution >= 0.6 is 0 Å². The largest absolute Gasteiger partial charge is 0.497 e. The topological polar surface area (TPSA) is 68.3 Å². The Kier molecular flexibility index (Phi) is 8.03. The Balaban J connectivity index is 2.05. The molecule has 1 fully saturated rings. The van der Waals surface area contributed by atoms with Gasteiger partial charge < -0.3 is 14.4 Å². The standard InChI is InChI=1S/C25H30N2O5/c1-18(2)14-22-24(28)27(32-17-30-3)25(29)23(15-19-8-6-5-7-9-19)26(22)16-20-10-12-21(31-4)13-11-20/h5-13,15,18,22H,14,16-17H2,1-4H3/b23-15+. The second-order valence-corrected chi connectivity index (χ2v) is 8.03. The number of methoxy groups -OCH3 is 2. The highest BCUT2D eigenvalue weighted by Crippen LogP contribution is 2.30. The van der Waals surface area contributed by atoms with Crippen LogP contribution in [0.3, 0.4) is 0 Å². The quantitative estimate of drug-likeness (QED) is 0.337. The predicted octanol–water partition coefficient (Wildman–Crippen LogP) is 3.86. The molecule has 0 aromatic heterocycles. The van der Waals surface area contributed by atoms with E-state index in [2.05, 4.69) is 13.8 Å². The maximum Gasteiger partial charge on any atom is 0.301 e. The first-order valence-electron chi connectivity index (χ1n) is 10.6. The first-order chi connectivity index (χ1) is 15.4. The van der Waals surface area contributed by atoms with Gasteiger partial charge in [0.15, 0.2) is 6.79 Å². The fraction of sp³-hybridized carbons (Fsp3) is 0.360. The van der Waals surface area contributed by atoms with Crippen molar-refractivity contribution < 1.29 is 23.9 Å². The zero-order valence-corrected chi connectivity index (χ0v) is 19.0. The van der Waals surface area contributed by atoms with E-state index in [0.717, 1.165) is 21.9 Å². The van der Waals surface area contributed by atoms with Crippen LogP contribution in [0.2, 0.25) is 0 Å². The highest BCUT2D eigenvalue weighted by Gasteiger charge is 2.44. The van der Waals surface area contributed by atoms with Crippen LogP contribution in [0, 0.1) is 5.92 Å². The molecule has 32 heavy (non-hydrogen) atoms. The minimum Gasteiger partial charge on any atom is -0.497 e. The van der Waals surface area contributed by atoms with E-state index < -0.39 is 11.9 Å². The first-order valence-corrected chi connectivity index (χ1v) is 10.6. The summed E-state index contributed by atoms with van der Waals surface area (Å²) in [7, 11) is 3.06. The molecule has 170 valence electrons. The summed E-state index contributed by atoms with van der Waals surface area (Å²) in [6, 6.07) is 16.6. The number of imide groups is 1. The van der Waals surface area contributed by atoms with Gasteiger partial charge >= 0.3 is 5.91 Å². The number of carbonyl (C=O) groups is 2. The molecule has 7 nitrogen and oxygen atoms in total. The molecule has 1 unspecified atom stereocenters. The van der Waals surface area contributed by atoms with Crippen LogP contribution in [0.4, 0.5) is 0 Å². The summed E-state index contributed by atoms with van der Waals surface area (Å²) < 4.78 is 10.2. The third kappa shape index (κ3) is 5.55. The summed E-state index contributed by atoms with van der Waals surface area (Å²) >= 11 is 0. The van der Waals surface area contributed by atoms with Crippen LogP contribution in [0.15, 0.2) is 60.3 Å². The molecule has 2 aromatic rings. The Hall–Kier alpha value is -3.16. The van der Waals surface area contributed by atoms with Crippen LogP contribution in [0.25, 0.3) is 6.08 Å². The fourth-order valence-electron chi connectivity index (χ4n) is 3.64. The molecule has 1 saturated heterocycles. The van der Waals surface area contributed by atoms with E-state index in [0.29, 0.717) is 18.7 Å².